The van der Waals surface area contributed by atoms with Crippen molar-refractivity contribution in [3.63, 3.8) is 0 Å². The van der Waals surface area contributed by atoms with E-state index in [1.807, 2.05) is 0 Å². The van der Waals surface area contributed by atoms with Gasteiger partial charge in [0, 0.05) is 0 Å². The first-order valence-corrected chi connectivity index (χ1v) is 0. The molecule has 0 saturated heterocycles. The first kappa shape index (κ1) is 22.9. The summed E-state index contributed by atoms with van der Waals surface area (Å²) in [6, 6.07) is 0. The Morgan fingerprint density at radius 2 is 0.750 bits per heavy atom. The van der Waals surface area contributed by atoms with Crippen LogP contribution in [0.25, 0.3) is 0 Å². The smallest absolute Gasteiger partial charge is 1.00 e. The van der Waals surface area contributed by atoms with Gasteiger partial charge in [0.2, 0.25) is 0 Å². The van der Waals surface area contributed by atoms with Crippen LogP contribution in [0.2, 0.25) is 0 Å². The van der Waals surface area contributed by atoms with Gasteiger partial charge in [-0.15, -0.1) is 0 Å². The summed E-state index contributed by atoms with van der Waals surface area (Å²) in [4.78, 5) is 0. The third-order valence-electron chi connectivity index (χ3n) is 0. The summed E-state index contributed by atoms with van der Waals surface area (Å²) in [5, 5.41) is 0. The van der Waals surface area contributed by atoms with Crippen LogP contribution >= 0.6 is 0 Å². The van der Waals surface area contributed by atoms with Crippen LogP contribution in [0.5, 0.6) is 0 Å². The van der Waals surface area contributed by atoms with Gasteiger partial charge in [-0.2, -0.15) is 0 Å². The van der Waals surface area contributed by atoms with Crippen molar-refractivity contribution in [3.8, 4) is 0 Å². The molecule has 0 bridgehead atoms. The van der Waals surface area contributed by atoms with Crippen LogP contribution in [0.4, 0.5) is 0 Å². The molecule has 0 radical (unpaired) electrons. The largest absolute Gasteiger partial charge is 2.00 e. The third-order valence-corrected chi connectivity index (χ3v) is 0. The zero-order valence-corrected chi connectivity index (χ0v) is 16.3. The fraction of sp³-hybridized carbons (Fsp3) is 0. The van der Waals surface area contributed by atoms with E-state index in [1.54, 1.807) is 0 Å². The molecule has 0 atom stereocenters. The Labute approximate surface area is 160 Å². The predicted octanol–water partition coefficient (Wildman–Crippen LogP) is -6.08. The van der Waals surface area contributed by atoms with E-state index in [0.29, 0.717) is 0 Å². The molecule has 0 aliphatic rings. The van der Waals surface area contributed by atoms with Gasteiger partial charge in [-0.1, -0.05) is 0 Å². The standard InChI is InChI=1S/2Ba.2Na.6H/q2*+2;2*+1;6*-1. The van der Waals surface area contributed by atoms with Crippen LogP contribution in [0.3, 0.4) is 0 Å². The van der Waals surface area contributed by atoms with Crippen LogP contribution < -0.4 is 59.1 Å². The van der Waals surface area contributed by atoms with Gasteiger partial charge in [0.1, 0.15) is 0 Å². The first-order valence-electron chi connectivity index (χ1n) is 0. The average Bonchev–Trinajstić information content (AvgIpc) is 0. The van der Waals surface area contributed by atoms with Gasteiger partial charge in [0.25, 0.3) is 0 Å². The van der Waals surface area contributed by atoms with Crippen LogP contribution in [-0.4, -0.2) is 97.8 Å². The van der Waals surface area contributed by atoms with Gasteiger partial charge in [0.05, 0.1) is 0 Å². The Hall–Kier alpha value is 5.14. The predicted molar refractivity (Wildman–Crippen MR) is 18.2 cm³/mol. The van der Waals surface area contributed by atoms with Crippen molar-refractivity contribution in [2.24, 2.45) is 0 Å². The van der Waals surface area contributed by atoms with E-state index < -0.39 is 0 Å². The van der Waals surface area contributed by atoms with Crippen LogP contribution in [0.1, 0.15) is 8.56 Å². The Bertz CT molecular complexity index is 13.7. The molecule has 0 aromatic rings. The molecule has 12 valence electrons. The summed E-state index contributed by atoms with van der Waals surface area (Å²) in [5.74, 6) is 0. The SMILES string of the molecule is [Ba+2].[Ba+2].[H-].[H-].[H-].[H-].[H-].[H-].[Na+].[Na+]. The summed E-state index contributed by atoms with van der Waals surface area (Å²) in [7, 11) is 0. The topological polar surface area (TPSA) is 0 Å². The van der Waals surface area contributed by atoms with Crippen molar-refractivity contribution in [2.45, 2.75) is 0 Å². The molecule has 0 N–H and O–H groups in total. The van der Waals surface area contributed by atoms with Crippen LogP contribution in [0, 0.1) is 0 Å². The fourth-order valence-electron chi connectivity index (χ4n) is 0. The quantitative estimate of drug-likeness (QED) is 0.389. The molecule has 0 heterocycles. The second-order valence-corrected chi connectivity index (χ2v) is 0. The van der Waals surface area contributed by atoms with Crippen molar-refractivity contribution in [3.05, 3.63) is 0 Å². The summed E-state index contributed by atoms with van der Waals surface area (Å²) in [6.45, 7) is 0. The molecule has 0 nitrogen and oxygen atoms in total. The molecule has 0 spiro atoms. The van der Waals surface area contributed by atoms with E-state index in [1.165, 1.54) is 0 Å². The second kappa shape index (κ2) is 15.7. The van der Waals surface area contributed by atoms with Crippen molar-refractivity contribution in [1.29, 1.82) is 0 Å². The van der Waals surface area contributed by atoms with E-state index in [0.717, 1.165) is 0 Å². The first-order chi connectivity index (χ1) is 0. The molecule has 0 aliphatic heterocycles. The summed E-state index contributed by atoms with van der Waals surface area (Å²) in [5.41, 5.74) is 0. The third kappa shape index (κ3) is 10.2. The zero-order valence-electron chi connectivity index (χ0n) is 9.41. The molecule has 0 fully saturated rings. The molecule has 0 saturated carbocycles. The molecule has 4 heteroatoms. The second-order valence-electron chi connectivity index (χ2n) is 0. The zero-order chi connectivity index (χ0) is 0. The van der Waals surface area contributed by atoms with E-state index in [9.17, 15) is 0 Å². The molecule has 0 rings (SSSR count). The van der Waals surface area contributed by atoms with Gasteiger partial charge < -0.3 is 8.56 Å². The summed E-state index contributed by atoms with van der Waals surface area (Å²) < 4.78 is 0. The van der Waals surface area contributed by atoms with Crippen molar-refractivity contribution < 1.29 is 67.7 Å². The van der Waals surface area contributed by atoms with Gasteiger partial charge >= 0.3 is 157 Å². The van der Waals surface area contributed by atoms with Crippen molar-refractivity contribution in [2.75, 3.05) is 0 Å². The Kier molecular flexibility index (Phi) is 90.0. The molecule has 0 aromatic heterocycles. The van der Waals surface area contributed by atoms with Crippen molar-refractivity contribution >= 4 is 97.8 Å². The molecular formula is H6Ba2Na2. The monoisotopic (exact) mass is 328 g/mol. The van der Waals surface area contributed by atoms with Crippen LogP contribution in [-0.2, 0) is 0 Å². The van der Waals surface area contributed by atoms with Crippen molar-refractivity contribution in [1.82, 2.24) is 0 Å². The van der Waals surface area contributed by atoms with E-state index >= 15 is 0 Å². The maximum Gasteiger partial charge on any atom is 2.00 e. The van der Waals surface area contributed by atoms with E-state index in [4.69, 9.17) is 0 Å². The fourth-order valence-corrected chi connectivity index (χ4v) is 0. The van der Waals surface area contributed by atoms with E-state index in [-0.39, 0.29) is 165 Å². The molecule has 0 aromatic carbocycles. The number of rotatable bonds is 0. The molecule has 0 amide bonds. The Balaban J connectivity index is 0. The van der Waals surface area contributed by atoms with Gasteiger partial charge in [0.15, 0.2) is 0 Å². The minimum absolute atomic E-state index is 0. The Morgan fingerprint density at radius 1 is 0.750 bits per heavy atom. The maximum atomic E-state index is 0. The Morgan fingerprint density at radius 3 is 0.750 bits per heavy atom. The molecule has 4 heavy (non-hydrogen) atoms. The minimum Gasteiger partial charge on any atom is -1.00 e. The maximum absolute atomic E-state index is 0. The minimum atomic E-state index is 0. The molecule has 0 unspecified atom stereocenters. The average molecular weight is 327 g/mol. The number of hydrogen-bond donors (Lipinski definition) is 0. The van der Waals surface area contributed by atoms with Crippen LogP contribution in [0.15, 0.2) is 0 Å². The summed E-state index contributed by atoms with van der Waals surface area (Å²) in [6.07, 6.45) is 0. The van der Waals surface area contributed by atoms with Gasteiger partial charge in [-0.3, -0.25) is 0 Å². The summed E-state index contributed by atoms with van der Waals surface area (Å²) >= 11 is 0. The molecule has 0 aliphatic carbocycles. The van der Waals surface area contributed by atoms with E-state index in [2.05, 4.69) is 0 Å². The molecular weight excluding hydrogens is 321 g/mol. The van der Waals surface area contributed by atoms with Gasteiger partial charge in [-0.25, -0.2) is 0 Å². The normalized spacial score (nSPS) is 0. The number of hydrogen-bond acceptors (Lipinski definition) is 0. The van der Waals surface area contributed by atoms with Gasteiger partial charge in [-0.05, 0) is 0 Å².